The summed E-state index contributed by atoms with van der Waals surface area (Å²) in [5.41, 5.74) is 0.979. The molecule has 0 radical (unpaired) electrons. The van der Waals surface area contributed by atoms with Crippen LogP contribution in [0.2, 0.25) is 0 Å². The van der Waals surface area contributed by atoms with Gasteiger partial charge >= 0.3 is 6.01 Å². The maximum Gasteiger partial charge on any atom is 0.323 e. The van der Waals surface area contributed by atoms with Crippen molar-refractivity contribution in [2.24, 2.45) is 0 Å². The number of hydrogen-bond acceptors (Lipinski definition) is 7. The van der Waals surface area contributed by atoms with E-state index in [2.05, 4.69) is 20.3 Å². The highest BCUT2D eigenvalue weighted by atomic mass is 16.5. The van der Waals surface area contributed by atoms with Gasteiger partial charge in [-0.1, -0.05) is 12.1 Å². The van der Waals surface area contributed by atoms with Gasteiger partial charge in [0.25, 0.3) is 0 Å². The molecule has 0 aliphatic heterocycles. The lowest BCUT2D eigenvalue weighted by Gasteiger charge is -2.13. The molecule has 2 aromatic rings. The molecule has 0 bridgehead atoms. The van der Waals surface area contributed by atoms with Crippen molar-refractivity contribution in [2.75, 3.05) is 38.5 Å². The van der Waals surface area contributed by atoms with Crippen LogP contribution in [-0.2, 0) is 6.61 Å². The van der Waals surface area contributed by atoms with Gasteiger partial charge in [-0.2, -0.15) is 15.0 Å². The van der Waals surface area contributed by atoms with Crippen LogP contribution in [0.3, 0.4) is 0 Å². The van der Waals surface area contributed by atoms with Crippen molar-refractivity contribution in [3.63, 3.8) is 0 Å². The molecule has 0 aliphatic rings. The average molecular weight is 289 g/mol. The summed E-state index contributed by atoms with van der Waals surface area (Å²) in [6.07, 6.45) is 0. The van der Waals surface area contributed by atoms with Crippen molar-refractivity contribution in [3.8, 4) is 11.8 Å². The number of hydrogen-bond donors (Lipinski definition) is 1. The third-order valence-corrected chi connectivity index (χ3v) is 2.73. The number of anilines is 2. The highest BCUT2D eigenvalue weighted by Crippen LogP contribution is 2.16. The highest BCUT2D eigenvalue weighted by molar-refractivity contribution is 5.36. The predicted molar refractivity (Wildman–Crippen MR) is 81.0 cm³/mol. The summed E-state index contributed by atoms with van der Waals surface area (Å²) in [5.74, 6) is 1.79. The van der Waals surface area contributed by atoms with E-state index in [4.69, 9.17) is 9.47 Å². The quantitative estimate of drug-likeness (QED) is 0.865. The zero-order valence-electron chi connectivity index (χ0n) is 12.6. The van der Waals surface area contributed by atoms with Crippen LogP contribution in [-0.4, -0.2) is 43.2 Å². The molecule has 2 rings (SSSR count). The molecule has 0 unspecified atom stereocenters. The van der Waals surface area contributed by atoms with Crippen molar-refractivity contribution in [1.29, 1.82) is 0 Å². The second-order valence-electron chi connectivity index (χ2n) is 4.53. The number of ether oxygens (including phenoxy) is 2. The monoisotopic (exact) mass is 289 g/mol. The minimum absolute atomic E-state index is 0.279. The topological polar surface area (TPSA) is 72.4 Å². The van der Waals surface area contributed by atoms with Gasteiger partial charge in [-0.15, -0.1) is 0 Å². The van der Waals surface area contributed by atoms with E-state index in [1.54, 1.807) is 19.1 Å². The van der Waals surface area contributed by atoms with Crippen LogP contribution in [0.1, 0.15) is 5.56 Å². The van der Waals surface area contributed by atoms with Crippen molar-refractivity contribution < 1.29 is 9.47 Å². The molecule has 21 heavy (non-hydrogen) atoms. The van der Waals surface area contributed by atoms with Crippen LogP contribution in [0.4, 0.5) is 11.9 Å². The van der Waals surface area contributed by atoms with Crippen LogP contribution < -0.4 is 19.7 Å². The maximum absolute atomic E-state index is 5.64. The SMILES string of the molecule is CNc1nc(OCc2cccc(OC)c2)nc(N(C)C)n1. The molecule has 0 aliphatic carbocycles. The van der Waals surface area contributed by atoms with E-state index in [9.17, 15) is 0 Å². The summed E-state index contributed by atoms with van der Waals surface area (Å²) >= 11 is 0. The molecule has 0 amide bonds. The van der Waals surface area contributed by atoms with E-state index >= 15 is 0 Å². The standard InChI is InChI=1S/C14H19N5O2/c1-15-12-16-13(19(2)3)18-14(17-12)21-9-10-6-5-7-11(8-10)20-4/h5-8H,9H2,1-4H3,(H,15,16,17,18). The second-order valence-corrected chi connectivity index (χ2v) is 4.53. The Hall–Kier alpha value is -2.57. The van der Waals surface area contributed by atoms with Crippen molar-refractivity contribution in [2.45, 2.75) is 6.61 Å². The molecule has 1 aromatic carbocycles. The van der Waals surface area contributed by atoms with Crippen molar-refractivity contribution >= 4 is 11.9 Å². The number of methoxy groups -OCH3 is 1. The van der Waals surface area contributed by atoms with Crippen LogP contribution in [0.15, 0.2) is 24.3 Å². The van der Waals surface area contributed by atoms with Gasteiger partial charge < -0.3 is 19.7 Å². The lowest BCUT2D eigenvalue weighted by molar-refractivity contribution is 0.279. The number of nitrogens with zero attached hydrogens (tertiary/aromatic N) is 4. The molecule has 0 fully saturated rings. The predicted octanol–water partition coefficient (Wildman–Crippen LogP) is 1.57. The number of benzene rings is 1. The molecule has 0 spiro atoms. The Labute approximate surface area is 124 Å². The second kappa shape index (κ2) is 6.74. The first kappa shape index (κ1) is 14.8. The van der Waals surface area contributed by atoms with Gasteiger partial charge in [0, 0.05) is 21.1 Å². The van der Waals surface area contributed by atoms with Crippen molar-refractivity contribution in [1.82, 2.24) is 15.0 Å². The van der Waals surface area contributed by atoms with Gasteiger partial charge in [0.05, 0.1) is 7.11 Å². The molecule has 0 atom stereocenters. The number of rotatable bonds is 6. The van der Waals surface area contributed by atoms with Gasteiger partial charge in [-0.05, 0) is 17.7 Å². The van der Waals surface area contributed by atoms with Crippen LogP contribution in [0, 0.1) is 0 Å². The Bertz CT molecular complexity index is 604. The Balaban J connectivity index is 2.13. The normalized spacial score (nSPS) is 10.1. The van der Waals surface area contributed by atoms with Crippen LogP contribution >= 0.6 is 0 Å². The van der Waals surface area contributed by atoms with Crippen LogP contribution in [0.25, 0.3) is 0 Å². The summed E-state index contributed by atoms with van der Waals surface area (Å²) in [7, 11) is 7.11. The van der Waals surface area contributed by atoms with E-state index in [0.717, 1.165) is 11.3 Å². The fourth-order valence-corrected chi connectivity index (χ4v) is 1.63. The molecular formula is C14H19N5O2. The van der Waals surface area contributed by atoms with Gasteiger partial charge in [0.1, 0.15) is 12.4 Å². The minimum atomic E-state index is 0.279. The Morgan fingerprint density at radius 3 is 2.67 bits per heavy atom. The first-order valence-electron chi connectivity index (χ1n) is 6.49. The Morgan fingerprint density at radius 2 is 2.00 bits per heavy atom. The molecule has 0 saturated carbocycles. The average Bonchev–Trinajstić information content (AvgIpc) is 2.52. The van der Waals surface area contributed by atoms with Gasteiger partial charge in [-0.3, -0.25) is 0 Å². The van der Waals surface area contributed by atoms with Crippen LogP contribution in [0.5, 0.6) is 11.8 Å². The van der Waals surface area contributed by atoms with Gasteiger partial charge in [-0.25, -0.2) is 0 Å². The molecule has 1 N–H and O–H groups in total. The number of nitrogens with one attached hydrogen (secondary N) is 1. The van der Waals surface area contributed by atoms with E-state index in [0.29, 0.717) is 18.5 Å². The lowest BCUT2D eigenvalue weighted by Crippen LogP contribution is -2.15. The Morgan fingerprint density at radius 1 is 1.19 bits per heavy atom. The maximum atomic E-state index is 5.64. The van der Waals surface area contributed by atoms with E-state index in [1.807, 2.05) is 38.4 Å². The van der Waals surface area contributed by atoms with Gasteiger partial charge in [0.2, 0.25) is 11.9 Å². The molecule has 7 nitrogen and oxygen atoms in total. The minimum Gasteiger partial charge on any atom is -0.497 e. The third kappa shape index (κ3) is 3.95. The summed E-state index contributed by atoms with van der Waals surface area (Å²) in [6.45, 7) is 0.358. The largest absolute Gasteiger partial charge is 0.497 e. The lowest BCUT2D eigenvalue weighted by atomic mass is 10.2. The molecular weight excluding hydrogens is 270 g/mol. The molecule has 1 heterocycles. The first-order chi connectivity index (χ1) is 10.1. The zero-order chi connectivity index (χ0) is 15.2. The van der Waals surface area contributed by atoms with E-state index in [1.165, 1.54) is 0 Å². The fourth-order valence-electron chi connectivity index (χ4n) is 1.63. The summed E-state index contributed by atoms with van der Waals surface area (Å²) in [6, 6.07) is 7.94. The summed E-state index contributed by atoms with van der Waals surface area (Å²) in [4.78, 5) is 14.4. The summed E-state index contributed by atoms with van der Waals surface area (Å²) < 4.78 is 10.8. The van der Waals surface area contributed by atoms with E-state index in [-0.39, 0.29) is 6.01 Å². The van der Waals surface area contributed by atoms with Gasteiger partial charge in [0.15, 0.2) is 0 Å². The smallest absolute Gasteiger partial charge is 0.323 e. The fraction of sp³-hybridized carbons (Fsp3) is 0.357. The zero-order valence-corrected chi connectivity index (χ0v) is 12.6. The summed E-state index contributed by atoms with van der Waals surface area (Å²) in [5, 5.41) is 2.89. The molecule has 112 valence electrons. The first-order valence-corrected chi connectivity index (χ1v) is 6.49. The molecule has 1 aromatic heterocycles. The van der Waals surface area contributed by atoms with Crippen molar-refractivity contribution in [3.05, 3.63) is 29.8 Å². The molecule has 0 saturated heterocycles. The third-order valence-electron chi connectivity index (χ3n) is 2.73. The number of aromatic nitrogens is 3. The molecule has 7 heteroatoms. The highest BCUT2D eigenvalue weighted by Gasteiger charge is 2.08. The van der Waals surface area contributed by atoms with E-state index < -0.39 is 0 Å². The Kier molecular flexibility index (Phi) is 4.76.